The molecular weight excluding hydrogens is 340 g/mol. The van der Waals surface area contributed by atoms with Crippen molar-refractivity contribution in [3.8, 4) is 5.75 Å². The molecule has 7 heteroatoms. The van der Waals surface area contributed by atoms with Crippen LogP contribution in [-0.2, 0) is 13.1 Å². The normalized spacial score (nSPS) is 12.9. The van der Waals surface area contributed by atoms with Crippen LogP contribution in [0.15, 0.2) is 35.6 Å². The first kappa shape index (κ1) is 20.7. The molecule has 0 aliphatic heterocycles. The molecule has 2 aromatic rings. The summed E-state index contributed by atoms with van der Waals surface area (Å²) in [5, 5.41) is 14.8. The minimum Gasteiger partial charge on any atom is -0.493 e. The van der Waals surface area contributed by atoms with Gasteiger partial charge in [-0.15, -0.1) is 10.2 Å². The van der Waals surface area contributed by atoms with Crippen LogP contribution >= 0.6 is 0 Å². The molecule has 1 aromatic heterocycles. The molecule has 0 bridgehead atoms. The van der Waals surface area contributed by atoms with Crippen LogP contribution in [0.3, 0.4) is 0 Å². The van der Waals surface area contributed by atoms with E-state index in [1.165, 1.54) is 5.56 Å². The lowest BCUT2D eigenvalue weighted by Gasteiger charge is -2.18. The summed E-state index contributed by atoms with van der Waals surface area (Å²) >= 11 is 0. The molecule has 0 aliphatic carbocycles. The molecule has 0 spiro atoms. The van der Waals surface area contributed by atoms with Crippen molar-refractivity contribution in [3.63, 3.8) is 0 Å². The SMILES string of the molecule is CCNC(=NCc1nncn1CC)NC(C)c1ccc(OCC(C)C)cc1. The first-order valence-electron chi connectivity index (χ1n) is 9.67. The van der Waals surface area contributed by atoms with Gasteiger partial charge in [0.05, 0.1) is 12.6 Å². The molecule has 1 atom stereocenters. The largest absolute Gasteiger partial charge is 0.493 e. The molecule has 0 fully saturated rings. The van der Waals surface area contributed by atoms with E-state index >= 15 is 0 Å². The molecule has 0 saturated heterocycles. The number of ether oxygens (including phenoxy) is 1. The molecule has 7 nitrogen and oxygen atoms in total. The zero-order valence-corrected chi connectivity index (χ0v) is 17.1. The molecule has 0 saturated carbocycles. The van der Waals surface area contributed by atoms with Crippen LogP contribution in [0.25, 0.3) is 0 Å². The van der Waals surface area contributed by atoms with Crippen molar-refractivity contribution in [1.82, 2.24) is 25.4 Å². The van der Waals surface area contributed by atoms with Gasteiger partial charge in [0, 0.05) is 13.1 Å². The van der Waals surface area contributed by atoms with E-state index in [-0.39, 0.29) is 6.04 Å². The highest BCUT2D eigenvalue weighted by Gasteiger charge is 2.09. The molecule has 0 radical (unpaired) electrons. The van der Waals surface area contributed by atoms with Crippen LogP contribution < -0.4 is 15.4 Å². The average Bonchev–Trinajstić information content (AvgIpc) is 3.12. The van der Waals surface area contributed by atoms with E-state index < -0.39 is 0 Å². The molecule has 2 rings (SSSR count). The van der Waals surface area contributed by atoms with E-state index in [2.05, 4.69) is 72.6 Å². The minimum atomic E-state index is 0.117. The van der Waals surface area contributed by atoms with Gasteiger partial charge >= 0.3 is 0 Å². The van der Waals surface area contributed by atoms with Crippen molar-refractivity contribution >= 4 is 5.96 Å². The minimum absolute atomic E-state index is 0.117. The van der Waals surface area contributed by atoms with Crippen LogP contribution in [0.1, 0.15) is 52.0 Å². The van der Waals surface area contributed by atoms with Gasteiger partial charge in [0.15, 0.2) is 11.8 Å². The Hall–Kier alpha value is -2.57. The van der Waals surface area contributed by atoms with Gasteiger partial charge in [-0.25, -0.2) is 4.99 Å². The third kappa shape index (κ3) is 6.58. The summed E-state index contributed by atoms with van der Waals surface area (Å²) in [6.07, 6.45) is 1.73. The van der Waals surface area contributed by atoms with Crippen LogP contribution in [0.2, 0.25) is 0 Å². The monoisotopic (exact) mass is 372 g/mol. The highest BCUT2D eigenvalue weighted by molar-refractivity contribution is 5.80. The number of hydrogen-bond acceptors (Lipinski definition) is 4. The standard InChI is InChI=1S/C20H32N6O/c1-6-21-20(22-12-19-25-23-14-26(19)7-2)24-16(5)17-8-10-18(11-9-17)27-13-15(3)4/h8-11,14-16H,6-7,12-13H2,1-5H3,(H2,21,22,24). The first-order chi connectivity index (χ1) is 13.0. The Kier molecular flexibility index (Phi) is 8.10. The number of hydrogen-bond donors (Lipinski definition) is 2. The van der Waals surface area contributed by atoms with Crippen molar-refractivity contribution in [2.24, 2.45) is 10.9 Å². The highest BCUT2D eigenvalue weighted by Crippen LogP contribution is 2.18. The van der Waals surface area contributed by atoms with Gasteiger partial charge in [-0.05, 0) is 44.4 Å². The molecule has 148 valence electrons. The Morgan fingerprint density at radius 3 is 2.56 bits per heavy atom. The Bertz CT molecular complexity index is 708. The molecule has 2 N–H and O–H groups in total. The highest BCUT2D eigenvalue weighted by atomic mass is 16.5. The summed E-state index contributed by atoms with van der Waals surface area (Å²) in [6, 6.07) is 8.33. The Morgan fingerprint density at radius 2 is 1.93 bits per heavy atom. The van der Waals surface area contributed by atoms with Crippen LogP contribution in [0.4, 0.5) is 0 Å². The van der Waals surface area contributed by atoms with E-state index in [0.29, 0.717) is 12.5 Å². The van der Waals surface area contributed by atoms with Crippen molar-refractivity contribution in [2.45, 2.75) is 53.8 Å². The van der Waals surface area contributed by atoms with Gasteiger partial charge in [0.2, 0.25) is 0 Å². The van der Waals surface area contributed by atoms with Crippen LogP contribution in [0.5, 0.6) is 5.75 Å². The number of nitrogens with zero attached hydrogens (tertiary/aromatic N) is 4. The summed E-state index contributed by atoms with van der Waals surface area (Å²) in [6.45, 7) is 13.4. The van der Waals surface area contributed by atoms with Crippen molar-refractivity contribution in [2.75, 3.05) is 13.2 Å². The van der Waals surface area contributed by atoms with Gasteiger partial charge in [0.25, 0.3) is 0 Å². The van der Waals surface area contributed by atoms with Crippen LogP contribution in [-0.4, -0.2) is 33.9 Å². The molecular formula is C20H32N6O. The zero-order chi connectivity index (χ0) is 19.6. The topological polar surface area (TPSA) is 76.4 Å². The van der Waals surface area contributed by atoms with Gasteiger partial charge < -0.3 is 19.9 Å². The van der Waals surface area contributed by atoms with E-state index in [4.69, 9.17) is 4.74 Å². The molecule has 0 aliphatic rings. The summed E-state index contributed by atoms with van der Waals surface area (Å²) in [4.78, 5) is 4.64. The molecule has 27 heavy (non-hydrogen) atoms. The molecule has 1 heterocycles. The second-order valence-corrected chi connectivity index (χ2v) is 6.87. The molecule has 1 aromatic carbocycles. The fraction of sp³-hybridized carbons (Fsp3) is 0.550. The molecule has 1 unspecified atom stereocenters. The Balaban J connectivity index is 1.99. The summed E-state index contributed by atoms with van der Waals surface area (Å²) in [5.41, 5.74) is 1.18. The van der Waals surface area contributed by atoms with E-state index in [1.54, 1.807) is 6.33 Å². The maximum absolute atomic E-state index is 5.75. The lowest BCUT2D eigenvalue weighted by molar-refractivity contribution is 0.271. The van der Waals surface area contributed by atoms with Gasteiger partial charge in [-0.3, -0.25) is 0 Å². The summed E-state index contributed by atoms with van der Waals surface area (Å²) < 4.78 is 7.74. The van der Waals surface area contributed by atoms with E-state index in [0.717, 1.165) is 37.2 Å². The number of benzene rings is 1. The fourth-order valence-electron chi connectivity index (χ4n) is 2.54. The van der Waals surface area contributed by atoms with E-state index in [9.17, 15) is 0 Å². The Morgan fingerprint density at radius 1 is 1.19 bits per heavy atom. The second-order valence-electron chi connectivity index (χ2n) is 6.87. The average molecular weight is 373 g/mol. The first-order valence-corrected chi connectivity index (χ1v) is 9.67. The van der Waals surface area contributed by atoms with E-state index in [1.807, 2.05) is 16.7 Å². The summed E-state index contributed by atoms with van der Waals surface area (Å²) in [5.74, 6) is 3.03. The maximum atomic E-state index is 5.75. The lowest BCUT2D eigenvalue weighted by Crippen LogP contribution is -2.38. The predicted octanol–water partition coefficient (Wildman–Crippen LogP) is 3.15. The quantitative estimate of drug-likeness (QED) is 0.522. The number of aliphatic imine (C=N–C) groups is 1. The summed E-state index contributed by atoms with van der Waals surface area (Å²) in [7, 11) is 0. The number of nitrogens with one attached hydrogen (secondary N) is 2. The van der Waals surface area contributed by atoms with Crippen molar-refractivity contribution in [1.29, 1.82) is 0 Å². The van der Waals surface area contributed by atoms with Crippen LogP contribution in [0, 0.1) is 5.92 Å². The second kappa shape index (κ2) is 10.5. The van der Waals surface area contributed by atoms with Crippen molar-refractivity contribution < 1.29 is 4.74 Å². The number of aryl methyl sites for hydroxylation is 1. The number of guanidine groups is 1. The predicted molar refractivity (Wildman–Crippen MR) is 109 cm³/mol. The smallest absolute Gasteiger partial charge is 0.192 e. The third-order valence-electron chi connectivity index (χ3n) is 4.08. The lowest BCUT2D eigenvalue weighted by atomic mass is 10.1. The Labute approximate surface area is 162 Å². The third-order valence-corrected chi connectivity index (χ3v) is 4.08. The van der Waals surface area contributed by atoms with Crippen molar-refractivity contribution in [3.05, 3.63) is 42.0 Å². The molecule has 0 amide bonds. The number of aromatic nitrogens is 3. The number of rotatable bonds is 9. The van der Waals surface area contributed by atoms with Gasteiger partial charge in [0.1, 0.15) is 18.6 Å². The maximum Gasteiger partial charge on any atom is 0.192 e. The zero-order valence-electron chi connectivity index (χ0n) is 17.1. The van der Waals surface area contributed by atoms with Gasteiger partial charge in [-0.2, -0.15) is 0 Å². The van der Waals surface area contributed by atoms with Gasteiger partial charge in [-0.1, -0.05) is 26.0 Å². The fourth-order valence-corrected chi connectivity index (χ4v) is 2.54.